The molecule has 3 aromatic rings. The van der Waals surface area contributed by atoms with Crippen molar-refractivity contribution in [2.45, 2.75) is 25.9 Å². The number of aliphatic carboxylic acids is 1. The molecular weight excluding hydrogens is 532 g/mol. The van der Waals surface area contributed by atoms with Crippen LogP contribution in [-0.4, -0.2) is 55.7 Å². The van der Waals surface area contributed by atoms with Crippen LogP contribution >= 0.6 is 11.6 Å². The summed E-state index contributed by atoms with van der Waals surface area (Å²) in [5.74, 6) is -0.501. The average molecular weight is 563 g/mol. The van der Waals surface area contributed by atoms with E-state index in [0.29, 0.717) is 35.9 Å². The number of anilines is 1. The third kappa shape index (κ3) is 8.63. The molecule has 0 aliphatic heterocycles. The van der Waals surface area contributed by atoms with Gasteiger partial charge in [-0.05, 0) is 65.4 Å². The Morgan fingerprint density at radius 1 is 1.08 bits per heavy atom. The number of carbonyl (C=O) groups is 1. The van der Waals surface area contributed by atoms with E-state index in [1.54, 1.807) is 0 Å². The number of aliphatic hydroxyl groups is 1. The number of aliphatic hydroxyl groups excluding tert-OH is 1. The normalized spacial score (nSPS) is 12.2. The molecule has 0 spiro atoms. The monoisotopic (exact) mass is 562 g/mol. The molecule has 0 bridgehead atoms. The first-order valence-electron chi connectivity index (χ1n) is 11.9. The third-order valence-corrected chi connectivity index (χ3v) is 6.58. The number of halogens is 1. The fourth-order valence-corrected chi connectivity index (χ4v) is 4.70. The van der Waals surface area contributed by atoms with Crippen LogP contribution in [0.4, 0.5) is 5.69 Å². The molecule has 3 aromatic carbocycles. The molecule has 0 saturated heterocycles. The summed E-state index contributed by atoms with van der Waals surface area (Å²) < 4.78 is 31.0. The topological polar surface area (TPSA) is 145 Å². The molecule has 9 nitrogen and oxygen atoms in total. The lowest BCUT2D eigenvalue weighted by Crippen LogP contribution is -2.26. The summed E-state index contributed by atoms with van der Waals surface area (Å²) in [6.45, 7) is 2.79. The van der Waals surface area contributed by atoms with Crippen molar-refractivity contribution < 1.29 is 33.3 Å². The Labute approximate surface area is 227 Å². The van der Waals surface area contributed by atoms with E-state index in [1.807, 2.05) is 43.3 Å². The molecule has 204 valence electrons. The van der Waals surface area contributed by atoms with Crippen LogP contribution in [-0.2, 0) is 21.2 Å². The second-order valence-electron chi connectivity index (χ2n) is 8.91. The van der Waals surface area contributed by atoms with Gasteiger partial charge in [-0.1, -0.05) is 41.9 Å². The Bertz CT molecular complexity index is 1360. The van der Waals surface area contributed by atoms with E-state index in [9.17, 15) is 23.4 Å². The molecule has 0 unspecified atom stereocenters. The smallest absolute Gasteiger partial charge is 0.303 e. The van der Waals surface area contributed by atoms with Gasteiger partial charge in [0.15, 0.2) is 0 Å². The van der Waals surface area contributed by atoms with Gasteiger partial charge in [0.1, 0.15) is 18.1 Å². The second-order valence-corrected chi connectivity index (χ2v) is 11.1. The molecule has 0 saturated carbocycles. The van der Waals surface area contributed by atoms with E-state index in [2.05, 4.69) is 10.0 Å². The summed E-state index contributed by atoms with van der Waals surface area (Å²) in [6.07, 6.45) is 0.604. The number of nitrogens with one attached hydrogen (secondary N) is 2. The zero-order chi connectivity index (χ0) is 27.9. The van der Waals surface area contributed by atoms with E-state index in [-0.39, 0.29) is 24.4 Å². The lowest BCUT2D eigenvalue weighted by atomic mass is 10.0. The van der Waals surface area contributed by atoms with E-state index < -0.39 is 22.1 Å². The van der Waals surface area contributed by atoms with Crippen LogP contribution in [0, 0.1) is 6.92 Å². The van der Waals surface area contributed by atoms with Crippen LogP contribution in [0.3, 0.4) is 0 Å². The van der Waals surface area contributed by atoms with Crippen molar-refractivity contribution in [2.75, 3.05) is 30.7 Å². The minimum Gasteiger partial charge on any atom is -0.506 e. The predicted molar refractivity (Wildman–Crippen MR) is 147 cm³/mol. The number of benzene rings is 3. The van der Waals surface area contributed by atoms with Gasteiger partial charge in [0.2, 0.25) is 10.0 Å². The molecule has 5 N–H and O–H groups in total. The first kappa shape index (κ1) is 29.2. The van der Waals surface area contributed by atoms with Gasteiger partial charge >= 0.3 is 5.97 Å². The lowest BCUT2D eigenvalue weighted by molar-refractivity contribution is -0.136. The Morgan fingerprint density at radius 3 is 2.42 bits per heavy atom. The highest BCUT2D eigenvalue weighted by Crippen LogP contribution is 2.34. The van der Waals surface area contributed by atoms with E-state index in [1.165, 1.54) is 18.2 Å². The van der Waals surface area contributed by atoms with Crippen LogP contribution < -0.4 is 14.8 Å². The second kappa shape index (κ2) is 13.0. The van der Waals surface area contributed by atoms with Crippen LogP contribution in [0.25, 0.3) is 11.1 Å². The number of aryl methyl sites for hydroxylation is 2. The maximum atomic E-state index is 11.4. The molecule has 0 fully saturated rings. The summed E-state index contributed by atoms with van der Waals surface area (Å²) >= 11 is 6.50. The highest BCUT2D eigenvalue weighted by Gasteiger charge is 2.14. The minimum atomic E-state index is -3.58. The van der Waals surface area contributed by atoms with Crippen LogP contribution in [0.5, 0.6) is 11.5 Å². The summed E-state index contributed by atoms with van der Waals surface area (Å²) in [7, 11) is -3.58. The third-order valence-electron chi connectivity index (χ3n) is 5.71. The lowest BCUT2D eigenvalue weighted by Gasteiger charge is -2.16. The molecule has 0 radical (unpaired) electrons. The van der Waals surface area contributed by atoms with E-state index in [4.69, 9.17) is 21.4 Å². The van der Waals surface area contributed by atoms with Gasteiger partial charge in [0.05, 0.1) is 23.1 Å². The average Bonchev–Trinajstić information content (AvgIpc) is 2.84. The maximum absolute atomic E-state index is 11.4. The first-order valence-corrected chi connectivity index (χ1v) is 14.1. The number of sulfonamides is 1. The van der Waals surface area contributed by atoms with Gasteiger partial charge in [-0.3, -0.25) is 9.52 Å². The highest BCUT2D eigenvalue weighted by atomic mass is 35.5. The van der Waals surface area contributed by atoms with Crippen molar-refractivity contribution >= 4 is 33.3 Å². The number of phenols is 1. The molecule has 0 aromatic heterocycles. The number of carboxylic acids is 1. The Balaban J connectivity index is 1.52. The Hall–Kier alpha value is -3.31. The predicted octanol–water partition coefficient (Wildman–Crippen LogP) is 4.11. The number of carboxylic acid groups (broad SMARTS) is 1. The number of hydrogen-bond acceptors (Lipinski definition) is 7. The van der Waals surface area contributed by atoms with Crippen molar-refractivity contribution in [1.29, 1.82) is 0 Å². The Kier molecular flexibility index (Phi) is 9.98. The van der Waals surface area contributed by atoms with Gasteiger partial charge in [-0.15, -0.1) is 0 Å². The van der Waals surface area contributed by atoms with Crippen molar-refractivity contribution in [2.24, 2.45) is 0 Å². The summed E-state index contributed by atoms with van der Waals surface area (Å²) in [5.41, 5.74) is 4.12. The molecule has 11 heteroatoms. The minimum absolute atomic E-state index is 0.00456. The number of hydrogen-bond donors (Lipinski definition) is 5. The summed E-state index contributed by atoms with van der Waals surface area (Å²) in [5, 5.41) is 32.7. The van der Waals surface area contributed by atoms with E-state index >= 15 is 0 Å². The zero-order valence-corrected chi connectivity index (χ0v) is 22.6. The fraction of sp³-hybridized carbons (Fsp3) is 0.296. The van der Waals surface area contributed by atoms with Gasteiger partial charge in [-0.2, -0.15) is 0 Å². The number of ether oxygens (including phenoxy) is 1. The van der Waals surface area contributed by atoms with Crippen molar-refractivity contribution in [3.05, 3.63) is 76.3 Å². The van der Waals surface area contributed by atoms with E-state index in [0.717, 1.165) is 28.5 Å². The number of aromatic hydroxyl groups is 1. The molecule has 0 amide bonds. The number of phenolic OH excluding ortho intramolecular Hbond substituents is 1. The van der Waals surface area contributed by atoms with Crippen LogP contribution in [0.15, 0.2) is 54.6 Å². The summed E-state index contributed by atoms with van der Waals surface area (Å²) in [4.78, 5) is 10.8. The molecular formula is C27H31ClN2O7S. The number of rotatable bonds is 13. The van der Waals surface area contributed by atoms with Gasteiger partial charge < -0.3 is 25.4 Å². The Morgan fingerprint density at radius 2 is 1.79 bits per heavy atom. The van der Waals surface area contributed by atoms with Crippen molar-refractivity contribution in [3.8, 4) is 22.6 Å². The molecule has 0 heterocycles. The fourth-order valence-electron chi connectivity index (χ4n) is 3.82. The molecule has 0 aliphatic carbocycles. The van der Waals surface area contributed by atoms with Crippen molar-refractivity contribution in [1.82, 2.24) is 5.32 Å². The standard InChI is InChI=1S/C27H31ClN2O7S/c1-17-13-21(19-6-3-18(4-7-19)5-10-26(33)34)14-22(28)27(17)37-12-11-29-16-25(32)20-8-9-24(31)23(15-20)30-38(2,35)36/h3-4,6-9,13-15,25,29-32H,5,10-12,16H2,1-2H3,(H,33,34)/t25-/m1/s1. The largest absolute Gasteiger partial charge is 0.506 e. The maximum Gasteiger partial charge on any atom is 0.303 e. The highest BCUT2D eigenvalue weighted by molar-refractivity contribution is 7.92. The van der Waals surface area contributed by atoms with Gasteiger partial charge in [0.25, 0.3) is 0 Å². The zero-order valence-electron chi connectivity index (χ0n) is 21.1. The molecule has 3 rings (SSSR count). The van der Waals surface area contributed by atoms with Gasteiger partial charge in [0, 0.05) is 19.5 Å². The van der Waals surface area contributed by atoms with Gasteiger partial charge in [-0.25, -0.2) is 8.42 Å². The quantitative estimate of drug-likeness (QED) is 0.154. The van der Waals surface area contributed by atoms with Crippen LogP contribution in [0.2, 0.25) is 5.02 Å². The molecule has 1 atom stereocenters. The SMILES string of the molecule is Cc1cc(-c2ccc(CCC(=O)O)cc2)cc(Cl)c1OCCNC[C@@H](O)c1ccc(O)c(NS(C)(=O)=O)c1. The summed E-state index contributed by atoms with van der Waals surface area (Å²) in [6, 6.07) is 15.7. The van der Waals surface area contributed by atoms with Crippen molar-refractivity contribution in [3.63, 3.8) is 0 Å². The van der Waals surface area contributed by atoms with Crippen LogP contribution in [0.1, 0.15) is 29.2 Å². The molecule has 0 aliphatic rings. The molecule has 38 heavy (non-hydrogen) atoms. The first-order chi connectivity index (χ1) is 17.9.